The third-order valence-corrected chi connectivity index (χ3v) is 6.29. The second-order valence-electron chi connectivity index (χ2n) is 8.30. The van der Waals surface area contributed by atoms with Gasteiger partial charge < -0.3 is 19.4 Å². The van der Waals surface area contributed by atoms with Crippen molar-refractivity contribution in [2.24, 2.45) is 5.92 Å². The summed E-state index contributed by atoms with van der Waals surface area (Å²) < 4.78 is 10.5. The quantitative estimate of drug-likeness (QED) is 0.776. The minimum absolute atomic E-state index is 0.0124. The van der Waals surface area contributed by atoms with Crippen LogP contribution in [0.25, 0.3) is 11.3 Å². The van der Waals surface area contributed by atoms with E-state index < -0.39 is 0 Å². The third-order valence-electron chi connectivity index (χ3n) is 6.29. The molecule has 1 unspecified atom stereocenters. The number of nitrogens with one attached hydrogen (secondary N) is 1. The first-order chi connectivity index (χ1) is 15.1. The maximum absolute atomic E-state index is 12.9. The summed E-state index contributed by atoms with van der Waals surface area (Å²) in [7, 11) is 0. The second-order valence-corrected chi connectivity index (χ2v) is 8.30. The molecule has 2 aliphatic heterocycles. The summed E-state index contributed by atoms with van der Waals surface area (Å²) in [6, 6.07) is 12.0. The summed E-state index contributed by atoms with van der Waals surface area (Å²) in [4.78, 5) is 29.0. The van der Waals surface area contributed by atoms with Gasteiger partial charge in [0.15, 0.2) is 0 Å². The van der Waals surface area contributed by atoms with Gasteiger partial charge in [-0.3, -0.25) is 9.69 Å². The van der Waals surface area contributed by atoms with Gasteiger partial charge in [0.25, 0.3) is 0 Å². The van der Waals surface area contributed by atoms with Crippen LogP contribution in [0.15, 0.2) is 47.1 Å². The minimum atomic E-state index is -0.213. The lowest BCUT2D eigenvalue weighted by Crippen LogP contribution is -2.51. The van der Waals surface area contributed by atoms with Crippen LogP contribution < -0.4 is 5.32 Å². The average molecular weight is 426 g/mol. The maximum Gasteiger partial charge on any atom is 0.409 e. The minimum Gasteiger partial charge on any atom is -0.464 e. The molecule has 0 bridgehead atoms. The number of anilines is 1. The molecular weight excluding hydrogens is 394 g/mol. The lowest BCUT2D eigenvalue weighted by atomic mass is 9.93. The zero-order chi connectivity index (χ0) is 21.6. The molecule has 2 aliphatic rings. The molecule has 7 heteroatoms. The molecule has 7 nitrogen and oxygen atoms in total. The first kappa shape index (κ1) is 21.4. The van der Waals surface area contributed by atoms with Crippen molar-refractivity contribution in [3.63, 3.8) is 0 Å². The van der Waals surface area contributed by atoms with Gasteiger partial charge in [-0.2, -0.15) is 0 Å². The van der Waals surface area contributed by atoms with E-state index in [9.17, 15) is 9.59 Å². The zero-order valence-electron chi connectivity index (χ0n) is 18.1. The largest absolute Gasteiger partial charge is 0.464 e. The molecule has 166 valence electrons. The van der Waals surface area contributed by atoms with E-state index in [0.29, 0.717) is 12.6 Å². The van der Waals surface area contributed by atoms with Crippen molar-refractivity contribution in [1.29, 1.82) is 0 Å². The Kier molecular flexibility index (Phi) is 6.92. The number of furan rings is 1. The summed E-state index contributed by atoms with van der Waals surface area (Å²) in [5.74, 6) is 0.885. The highest BCUT2D eigenvalue weighted by Crippen LogP contribution is 2.26. The number of hydrogen-bond acceptors (Lipinski definition) is 5. The first-order valence-corrected chi connectivity index (χ1v) is 11.2. The van der Waals surface area contributed by atoms with Crippen LogP contribution in [0, 0.1) is 5.92 Å². The normalized spacial score (nSPS) is 20.4. The summed E-state index contributed by atoms with van der Waals surface area (Å²) in [6.45, 7) is 5.48. The molecular formula is C24H31N3O4. The van der Waals surface area contributed by atoms with E-state index in [-0.39, 0.29) is 17.9 Å². The highest BCUT2D eigenvalue weighted by molar-refractivity contribution is 5.93. The predicted octanol–water partition coefficient (Wildman–Crippen LogP) is 4.22. The number of likely N-dealkylation sites (tertiary alicyclic amines) is 2. The molecule has 3 heterocycles. The van der Waals surface area contributed by atoms with Gasteiger partial charge in [0.2, 0.25) is 5.91 Å². The van der Waals surface area contributed by atoms with Crippen molar-refractivity contribution in [3.8, 4) is 11.3 Å². The van der Waals surface area contributed by atoms with E-state index in [2.05, 4.69) is 10.2 Å². The van der Waals surface area contributed by atoms with Crippen molar-refractivity contribution in [3.05, 3.63) is 42.7 Å². The molecule has 4 rings (SSSR count). The summed E-state index contributed by atoms with van der Waals surface area (Å²) >= 11 is 0. The van der Waals surface area contributed by atoms with E-state index in [1.165, 1.54) is 0 Å². The summed E-state index contributed by atoms with van der Waals surface area (Å²) in [5.41, 5.74) is 1.79. The zero-order valence-corrected chi connectivity index (χ0v) is 18.1. The van der Waals surface area contributed by atoms with Gasteiger partial charge in [0, 0.05) is 36.9 Å². The molecule has 1 aromatic carbocycles. The number of hydrogen-bond donors (Lipinski definition) is 1. The Morgan fingerprint density at radius 1 is 1.10 bits per heavy atom. The molecule has 2 fully saturated rings. The molecule has 2 saturated heterocycles. The van der Waals surface area contributed by atoms with Gasteiger partial charge in [-0.05, 0) is 75.5 Å². The number of benzene rings is 1. The highest BCUT2D eigenvalue weighted by Gasteiger charge is 2.32. The standard InChI is InChI=1S/C24H31N3O4/c1-2-30-24(29)26-14-11-21(12-15-26)27-13-3-5-19(17-27)23(28)25-20-9-7-18(8-10-20)22-6-4-16-31-22/h4,6-10,16,19,21H,2-3,5,11-15,17H2,1H3,(H,25,28). The molecule has 2 amide bonds. The van der Waals surface area contributed by atoms with Crippen LogP contribution in [0.1, 0.15) is 32.6 Å². The molecule has 31 heavy (non-hydrogen) atoms. The fourth-order valence-corrected chi connectivity index (χ4v) is 4.59. The SMILES string of the molecule is CCOC(=O)N1CCC(N2CCCC(C(=O)Nc3ccc(-c4ccco4)cc3)C2)CC1. The van der Waals surface area contributed by atoms with Crippen LogP contribution in [-0.4, -0.2) is 60.6 Å². The van der Waals surface area contributed by atoms with Crippen LogP contribution in [0.2, 0.25) is 0 Å². The number of piperidine rings is 2. The Balaban J connectivity index is 1.28. The smallest absolute Gasteiger partial charge is 0.409 e. The number of rotatable bonds is 5. The molecule has 0 radical (unpaired) electrons. The van der Waals surface area contributed by atoms with Gasteiger partial charge in [0.05, 0.1) is 18.8 Å². The summed E-state index contributed by atoms with van der Waals surface area (Å²) in [5, 5.41) is 3.08. The lowest BCUT2D eigenvalue weighted by Gasteiger charge is -2.41. The molecule has 0 spiro atoms. The van der Waals surface area contributed by atoms with Gasteiger partial charge in [0.1, 0.15) is 5.76 Å². The van der Waals surface area contributed by atoms with Crippen molar-refractivity contribution in [2.75, 3.05) is 38.1 Å². The Hall–Kier alpha value is -2.80. The predicted molar refractivity (Wildman–Crippen MR) is 119 cm³/mol. The van der Waals surface area contributed by atoms with Crippen molar-refractivity contribution >= 4 is 17.7 Å². The Morgan fingerprint density at radius 3 is 2.55 bits per heavy atom. The molecule has 0 saturated carbocycles. The fourth-order valence-electron chi connectivity index (χ4n) is 4.59. The van der Waals surface area contributed by atoms with E-state index >= 15 is 0 Å². The van der Waals surface area contributed by atoms with Crippen molar-refractivity contribution in [2.45, 2.75) is 38.6 Å². The van der Waals surface area contributed by atoms with E-state index in [0.717, 1.165) is 68.9 Å². The average Bonchev–Trinajstić information content (AvgIpc) is 3.35. The van der Waals surface area contributed by atoms with Crippen LogP contribution in [0.4, 0.5) is 10.5 Å². The number of ether oxygens (including phenoxy) is 1. The fraction of sp³-hybridized carbons (Fsp3) is 0.500. The van der Waals surface area contributed by atoms with Gasteiger partial charge in [-0.1, -0.05) is 0 Å². The number of carbonyl (C=O) groups is 2. The van der Waals surface area contributed by atoms with Crippen molar-refractivity contribution < 1.29 is 18.7 Å². The summed E-state index contributed by atoms with van der Waals surface area (Å²) in [6.07, 6.45) is 5.24. The highest BCUT2D eigenvalue weighted by atomic mass is 16.6. The third kappa shape index (κ3) is 5.28. The van der Waals surface area contributed by atoms with Gasteiger partial charge in [-0.15, -0.1) is 0 Å². The second kappa shape index (κ2) is 10.0. The van der Waals surface area contributed by atoms with Crippen LogP contribution in [-0.2, 0) is 9.53 Å². The number of nitrogens with zero attached hydrogens (tertiary/aromatic N) is 2. The van der Waals surface area contributed by atoms with Crippen LogP contribution >= 0.6 is 0 Å². The molecule has 2 aromatic rings. The van der Waals surface area contributed by atoms with Crippen molar-refractivity contribution in [1.82, 2.24) is 9.80 Å². The molecule has 1 aromatic heterocycles. The monoisotopic (exact) mass is 425 g/mol. The topological polar surface area (TPSA) is 75.0 Å². The first-order valence-electron chi connectivity index (χ1n) is 11.2. The van der Waals surface area contributed by atoms with Crippen LogP contribution in [0.3, 0.4) is 0 Å². The molecule has 1 atom stereocenters. The van der Waals surface area contributed by atoms with Gasteiger partial charge in [-0.25, -0.2) is 4.79 Å². The van der Waals surface area contributed by atoms with Gasteiger partial charge >= 0.3 is 6.09 Å². The van der Waals surface area contributed by atoms with E-state index in [1.54, 1.807) is 11.2 Å². The number of amides is 2. The lowest BCUT2D eigenvalue weighted by molar-refractivity contribution is -0.122. The van der Waals surface area contributed by atoms with E-state index in [1.807, 2.05) is 43.3 Å². The Bertz CT molecular complexity index is 857. The Labute approximate surface area is 183 Å². The number of carbonyl (C=O) groups excluding carboxylic acids is 2. The molecule has 0 aliphatic carbocycles. The Morgan fingerprint density at radius 2 is 1.87 bits per heavy atom. The molecule has 1 N–H and O–H groups in total. The van der Waals surface area contributed by atoms with E-state index in [4.69, 9.17) is 9.15 Å². The van der Waals surface area contributed by atoms with Crippen LogP contribution in [0.5, 0.6) is 0 Å². The maximum atomic E-state index is 12.9.